The molecule has 1 nitrogen and oxygen atoms in total. The van der Waals surface area contributed by atoms with Crippen molar-refractivity contribution in [2.45, 2.75) is 27.7 Å². The predicted molar refractivity (Wildman–Crippen MR) is 73.5 cm³/mol. The highest BCUT2D eigenvalue weighted by molar-refractivity contribution is 5.83. The molecule has 0 saturated heterocycles. The van der Waals surface area contributed by atoms with Crippen LogP contribution in [-0.4, -0.2) is 6.21 Å². The van der Waals surface area contributed by atoms with Crippen LogP contribution in [0.3, 0.4) is 0 Å². The number of para-hydroxylation sites is 1. The molecular formula is C15H19N. The van der Waals surface area contributed by atoms with Crippen LogP contribution >= 0.6 is 0 Å². The molecule has 0 aliphatic rings. The minimum atomic E-state index is 1.07. The van der Waals surface area contributed by atoms with Crippen LogP contribution in [0, 0.1) is 6.92 Å². The molecule has 0 radical (unpaired) electrons. The summed E-state index contributed by atoms with van der Waals surface area (Å²) in [7, 11) is 0. The van der Waals surface area contributed by atoms with Crippen molar-refractivity contribution in [3.8, 4) is 0 Å². The lowest BCUT2D eigenvalue weighted by Crippen LogP contribution is -1.85. The summed E-state index contributed by atoms with van der Waals surface area (Å²) in [5.74, 6) is 0. The van der Waals surface area contributed by atoms with Crippen molar-refractivity contribution < 1.29 is 0 Å². The number of aryl methyl sites for hydroxylation is 1. The van der Waals surface area contributed by atoms with Gasteiger partial charge in [-0.15, -0.1) is 0 Å². The largest absolute Gasteiger partial charge is 0.261 e. The first-order valence-corrected chi connectivity index (χ1v) is 5.62. The third kappa shape index (κ3) is 2.69. The molecule has 0 aromatic heterocycles. The maximum absolute atomic E-state index is 4.46. The van der Waals surface area contributed by atoms with Gasteiger partial charge in [0.1, 0.15) is 0 Å². The van der Waals surface area contributed by atoms with Gasteiger partial charge in [0.15, 0.2) is 0 Å². The minimum absolute atomic E-state index is 1.07. The second kappa shape index (κ2) is 6.06. The van der Waals surface area contributed by atoms with E-state index < -0.39 is 0 Å². The lowest BCUT2D eigenvalue weighted by atomic mass is 10.00. The fraction of sp³-hybridized carbons (Fsp3) is 0.267. The van der Waals surface area contributed by atoms with Crippen molar-refractivity contribution >= 4 is 17.5 Å². The molecule has 1 rings (SSSR count). The van der Waals surface area contributed by atoms with E-state index in [4.69, 9.17) is 0 Å². The fourth-order valence-electron chi connectivity index (χ4n) is 1.71. The third-order valence-corrected chi connectivity index (χ3v) is 2.46. The Morgan fingerprint density at radius 1 is 1.19 bits per heavy atom. The fourth-order valence-corrected chi connectivity index (χ4v) is 1.71. The SMILES string of the molecule is CC=Nc1c(C)cccc1C(/C=C\C)=C/C. The molecule has 84 valence electrons. The first-order chi connectivity index (χ1) is 7.74. The van der Waals surface area contributed by atoms with Crippen molar-refractivity contribution in [2.24, 2.45) is 4.99 Å². The molecule has 0 aliphatic carbocycles. The first-order valence-electron chi connectivity index (χ1n) is 5.62. The number of hydrogen-bond donors (Lipinski definition) is 0. The van der Waals surface area contributed by atoms with E-state index in [2.05, 4.69) is 55.3 Å². The molecule has 0 bridgehead atoms. The Bertz CT molecular complexity index is 437. The summed E-state index contributed by atoms with van der Waals surface area (Å²) >= 11 is 0. The van der Waals surface area contributed by atoms with Gasteiger partial charge < -0.3 is 0 Å². The summed E-state index contributed by atoms with van der Waals surface area (Å²) in [5.41, 5.74) is 4.68. The average Bonchev–Trinajstić information content (AvgIpc) is 2.29. The van der Waals surface area contributed by atoms with Gasteiger partial charge in [-0.25, -0.2) is 0 Å². The van der Waals surface area contributed by atoms with E-state index in [1.807, 2.05) is 20.1 Å². The maximum Gasteiger partial charge on any atom is 0.0732 e. The molecule has 0 aliphatic heterocycles. The zero-order valence-electron chi connectivity index (χ0n) is 10.5. The summed E-state index contributed by atoms with van der Waals surface area (Å²) in [6, 6.07) is 6.28. The molecule has 1 aromatic rings. The molecule has 0 unspecified atom stereocenters. The summed E-state index contributed by atoms with van der Waals surface area (Å²) in [6.07, 6.45) is 8.12. The molecular weight excluding hydrogens is 194 g/mol. The Morgan fingerprint density at radius 2 is 1.94 bits per heavy atom. The van der Waals surface area contributed by atoms with Gasteiger partial charge >= 0.3 is 0 Å². The lowest BCUT2D eigenvalue weighted by molar-refractivity contribution is 1.38. The molecule has 0 atom stereocenters. The highest BCUT2D eigenvalue weighted by Gasteiger charge is 2.05. The van der Waals surface area contributed by atoms with Gasteiger partial charge in [0.05, 0.1) is 5.69 Å². The van der Waals surface area contributed by atoms with Crippen LogP contribution in [0.25, 0.3) is 5.57 Å². The van der Waals surface area contributed by atoms with Gasteiger partial charge in [-0.1, -0.05) is 36.4 Å². The van der Waals surface area contributed by atoms with Crippen molar-refractivity contribution in [1.29, 1.82) is 0 Å². The summed E-state index contributed by atoms with van der Waals surface area (Å²) in [5, 5.41) is 0. The van der Waals surface area contributed by atoms with Gasteiger partial charge in [-0.2, -0.15) is 0 Å². The van der Waals surface area contributed by atoms with E-state index in [0.717, 1.165) is 5.69 Å². The number of aliphatic imine (C=N–C) groups is 1. The van der Waals surface area contributed by atoms with Crippen LogP contribution < -0.4 is 0 Å². The van der Waals surface area contributed by atoms with Crippen LogP contribution in [-0.2, 0) is 0 Å². The highest BCUT2D eigenvalue weighted by Crippen LogP contribution is 2.30. The maximum atomic E-state index is 4.46. The second-order valence-corrected chi connectivity index (χ2v) is 3.60. The second-order valence-electron chi connectivity index (χ2n) is 3.60. The van der Waals surface area contributed by atoms with E-state index in [1.165, 1.54) is 16.7 Å². The van der Waals surface area contributed by atoms with Crippen LogP contribution in [0.1, 0.15) is 31.9 Å². The number of allylic oxidation sites excluding steroid dienone is 4. The number of nitrogens with zero attached hydrogens (tertiary/aromatic N) is 1. The van der Waals surface area contributed by atoms with Gasteiger partial charge in [-0.05, 0) is 38.8 Å². The molecule has 0 amide bonds. The Balaban J connectivity index is 3.37. The Kier molecular flexibility index (Phi) is 4.71. The standard InChI is InChI=1S/C15H19N/c1-5-9-13(6-2)14-11-8-10-12(4)15(14)16-7-3/h5-11H,1-4H3/b9-5-,13-6+,16-7?. The quantitative estimate of drug-likeness (QED) is 0.510. The highest BCUT2D eigenvalue weighted by atomic mass is 14.7. The Morgan fingerprint density at radius 3 is 2.50 bits per heavy atom. The van der Waals surface area contributed by atoms with Gasteiger partial charge in [0, 0.05) is 11.8 Å². The molecule has 0 fully saturated rings. The zero-order chi connectivity index (χ0) is 12.0. The van der Waals surface area contributed by atoms with Crippen molar-refractivity contribution in [2.75, 3.05) is 0 Å². The average molecular weight is 213 g/mol. The monoisotopic (exact) mass is 213 g/mol. The number of rotatable bonds is 3. The number of hydrogen-bond acceptors (Lipinski definition) is 1. The lowest BCUT2D eigenvalue weighted by Gasteiger charge is -2.09. The summed E-state index contributed by atoms with van der Waals surface area (Å²) in [6.45, 7) is 8.12. The van der Waals surface area contributed by atoms with E-state index >= 15 is 0 Å². The summed E-state index contributed by atoms with van der Waals surface area (Å²) in [4.78, 5) is 4.46. The molecule has 0 heterocycles. The Hall–Kier alpha value is -1.63. The predicted octanol–water partition coefficient (Wildman–Crippen LogP) is 4.70. The third-order valence-electron chi connectivity index (χ3n) is 2.46. The molecule has 16 heavy (non-hydrogen) atoms. The van der Waals surface area contributed by atoms with Crippen LogP contribution in [0.4, 0.5) is 5.69 Å². The molecule has 1 heteroatoms. The topological polar surface area (TPSA) is 12.4 Å². The first kappa shape index (κ1) is 12.4. The molecule has 0 N–H and O–H groups in total. The smallest absolute Gasteiger partial charge is 0.0732 e. The minimum Gasteiger partial charge on any atom is -0.261 e. The van der Waals surface area contributed by atoms with Crippen molar-refractivity contribution in [3.63, 3.8) is 0 Å². The zero-order valence-corrected chi connectivity index (χ0v) is 10.5. The molecule has 1 aromatic carbocycles. The molecule has 0 saturated carbocycles. The van der Waals surface area contributed by atoms with Crippen LogP contribution in [0.5, 0.6) is 0 Å². The molecule has 0 spiro atoms. The van der Waals surface area contributed by atoms with E-state index in [-0.39, 0.29) is 0 Å². The van der Waals surface area contributed by atoms with Crippen LogP contribution in [0.15, 0.2) is 41.4 Å². The van der Waals surface area contributed by atoms with Crippen molar-refractivity contribution in [3.05, 3.63) is 47.6 Å². The van der Waals surface area contributed by atoms with E-state index in [1.54, 1.807) is 0 Å². The normalized spacial score (nSPS) is 12.9. The van der Waals surface area contributed by atoms with Gasteiger partial charge in [-0.3, -0.25) is 4.99 Å². The number of benzene rings is 1. The van der Waals surface area contributed by atoms with Crippen molar-refractivity contribution in [1.82, 2.24) is 0 Å². The van der Waals surface area contributed by atoms with Gasteiger partial charge in [0.25, 0.3) is 0 Å². The van der Waals surface area contributed by atoms with Crippen LogP contribution in [0.2, 0.25) is 0 Å². The summed E-state index contributed by atoms with van der Waals surface area (Å²) < 4.78 is 0. The van der Waals surface area contributed by atoms with Gasteiger partial charge in [0.2, 0.25) is 0 Å². The van der Waals surface area contributed by atoms with E-state index in [9.17, 15) is 0 Å². The Labute approximate surface area is 98.2 Å². The van der Waals surface area contributed by atoms with E-state index in [0.29, 0.717) is 0 Å².